The fourth-order valence-electron chi connectivity index (χ4n) is 2.65. The van der Waals surface area contributed by atoms with Crippen LogP contribution in [0.3, 0.4) is 0 Å². The number of aromatic nitrogens is 2. The van der Waals surface area contributed by atoms with Crippen LogP contribution < -0.4 is 5.32 Å². The Hall–Kier alpha value is -3.06. The van der Waals surface area contributed by atoms with Crippen molar-refractivity contribution in [3.8, 4) is 11.4 Å². The van der Waals surface area contributed by atoms with Crippen LogP contribution in [0.2, 0.25) is 0 Å². The number of carbonyl (C=O) groups excluding carboxylic acids is 2. The normalized spacial score (nSPS) is 11.5. The lowest BCUT2D eigenvalue weighted by Gasteiger charge is -2.18. The summed E-state index contributed by atoms with van der Waals surface area (Å²) in [6, 6.07) is 16.4. The first-order chi connectivity index (χ1) is 13.6. The summed E-state index contributed by atoms with van der Waals surface area (Å²) in [4.78, 5) is 33.0. The molecule has 1 atom stereocenters. The Labute approximate surface area is 171 Å². The quantitative estimate of drug-likeness (QED) is 0.588. The number of benzene rings is 2. The molecule has 1 heterocycles. The van der Waals surface area contributed by atoms with Crippen LogP contribution in [-0.2, 0) is 9.53 Å². The molecule has 0 saturated carbocycles. The van der Waals surface area contributed by atoms with Crippen LogP contribution in [0.15, 0.2) is 71.5 Å². The van der Waals surface area contributed by atoms with Gasteiger partial charge in [-0.15, -0.1) is 0 Å². The van der Waals surface area contributed by atoms with Crippen molar-refractivity contribution in [1.29, 1.82) is 0 Å². The van der Waals surface area contributed by atoms with Gasteiger partial charge in [-0.1, -0.05) is 58.4 Å². The Balaban J connectivity index is 1.78. The van der Waals surface area contributed by atoms with Gasteiger partial charge in [-0.2, -0.15) is 0 Å². The first-order valence-electron chi connectivity index (χ1n) is 8.57. The SMILES string of the molecule is COC(=O)CC(NC(=O)c1cnc(-c2ccccc2)nc1)c1cccc(Br)c1. The van der Waals surface area contributed by atoms with Crippen molar-refractivity contribution in [2.45, 2.75) is 12.5 Å². The summed E-state index contributed by atoms with van der Waals surface area (Å²) in [5.74, 6) is -0.246. The molecule has 1 aromatic heterocycles. The molecule has 6 nitrogen and oxygen atoms in total. The Morgan fingerprint density at radius 2 is 1.79 bits per heavy atom. The third kappa shape index (κ3) is 5.01. The van der Waals surface area contributed by atoms with Gasteiger partial charge < -0.3 is 10.1 Å². The number of esters is 1. The van der Waals surface area contributed by atoms with Crippen LogP contribution in [0, 0.1) is 0 Å². The standard InChI is InChI=1S/C21H18BrN3O3/c1-28-19(26)11-18(15-8-5-9-17(22)10-15)25-21(27)16-12-23-20(24-13-16)14-6-3-2-4-7-14/h2-10,12-13,18H,11H2,1H3,(H,25,27). The zero-order chi connectivity index (χ0) is 19.9. The predicted molar refractivity (Wildman–Crippen MR) is 108 cm³/mol. The van der Waals surface area contributed by atoms with Crippen LogP contribution in [0.25, 0.3) is 11.4 Å². The maximum absolute atomic E-state index is 12.7. The van der Waals surface area contributed by atoms with Crippen LogP contribution in [0.1, 0.15) is 28.4 Å². The fraction of sp³-hybridized carbons (Fsp3) is 0.143. The van der Waals surface area contributed by atoms with Crippen molar-refractivity contribution in [3.63, 3.8) is 0 Å². The number of nitrogens with zero attached hydrogens (tertiary/aromatic N) is 2. The van der Waals surface area contributed by atoms with E-state index in [-0.39, 0.29) is 12.3 Å². The highest BCUT2D eigenvalue weighted by molar-refractivity contribution is 9.10. The molecule has 0 fully saturated rings. The number of nitrogens with one attached hydrogen (secondary N) is 1. The third-order valence-corrected chi connectivity index (χ3v) is 4.59. The summed E-state index contributed by atoms with van der Waals surface area (Å²) in [6.45, 7) is 0. The van der Waals surface area contributed by atoms with Gasteiger partial charge in [-0.25, -0.2) is 9.97 Å². The second kappa shape index (κ2) is 9.23. The molecule has 0 spiro atoms. The Morgan fingerprint density at radius 3 is 2.43 bits per heavy atom. The third-order valence-electron chi connectivity index (χ3n) is 4.10. The van der Waals surface area contributed by atoms with E-state index in [2.05, 4.69) is 31.2 Å². The molecule has 1 unspecified atom stereocenters. The van der Waals surface area contributed by atoms with Crippen molar-refractivity contribution in [1.82, 2.24) is 15.3 Å². The zero-order valence-electron chi connectivity index (χ0n) is 15.1. The number of halogens is 1. The van der Waals surface area contributed by atoms with Gasteiger partial charge in [0.2, 0.25) is 0 Å². The number of hydrogen-bond donors (Lipinski definition) is 1. The second-order valence-corrected chi connectivity index (χ2v) is 6.94. The molecule has 3 aromatic rings. The predicted octanol–water partition coefficient (Wildman–Crippen LogP) is 3.94. The minimum absolute atomic E-state index is 0.0155. The maximum atomic E-state index is 12.7. The first kappa shape index (κ1) is 19.7. The van der Waals surface area contributed by atoms with Crippen LogP contribution >= 0.6 is 15.9 Å². The molecule has 1 amide bonds. The molecule has 0 bridgehead atoms. The molecule has 0 aliphatic carbocycles. The molecular formula is C21H18BrN3O3. The highest BCUT2D eigenvalue weighted by Gasteiger charge is 2.20. The summed E-state index contributed by atoms with van der Waals surface area (Å²) >= 11 is 3.41. The van der Waals surface area contributed by atoms with Crippen molar-refractivity contribution in [2.24, 2.45) is 0 Å². The van der Waals surface area contributed by atoms with Crippen LogP contribution in [0.5, 0.6) is 0 Å². The number of amides is 1. The molecule has 0 aliphatic rings. The first-order valence-corrected chi connectivity index (χ1v) is 9.36. The highest BCUT2D eigenvalue weighted by atomic mass is 79.9. The molecule has 1 N–H and O–H groups in total. The second-order valence-electron chi connectivity index (χ2n) is 6.02. The van der Waals surface area contributed by atoms with Crippen molar-refractivity contribution < 1.29 is 14.3 Å². The number of methoxy groups -OCH3 is 1. The molecule has 28 heavy (non-hydrogen) atoms. The smallest absolute Gasteiger partial charge is 0.307 e. The van der Waals surface area contributed by atoms with E-state index in [9.17, 15) is 9.59 Å². The van der Waals surface area contributed by atoms with Crippen molar-refractivity contribution in [2.75, 3.05) is 7.11 Å². The summed E-state index contributed by atoms with van der Waals surface area (Å²) in [7, 11) is 1.32. The molecule has 142 valence electrons. The van der Waals surface area contributed by atoms with E-state index >= 15 is 0 Å². The largest absolute Gasteiger partial charge is 0.469 e. The summed E-state index contributed by atoms with van der Waals surface area (Å²) in [6.07, 6.45) is 2.96. The lowest BCUT2D eigenvalue weighted by Crippen LogP contribution is -2.30. The van der Waals surface area contributed by atoms with E-state index in [1.807, 2.05) is 54.6 Å². The van der Waals surface area contributed by atoms with Gasteiger partial charge in [0.05, 0.1) is 25.1 Å². The van der Waals surface area contributed by atoms with E-state index in [1.54, 1.807) is 0 Å². The van der Waals surface area contributed by atoms with Crippen LogP contribution in [0.4, 0.5) is 0 Å². The Morgan fingerprint density at radius 1 is 1.07 bits per heavy atom. The number of hydrogen-bond acceptors (Lipinski definition) is 5. The van der Waals surface area contributed by atoms with Crippen LogP contribution in [-0.4, -0.2) is 29.0 Å². The topological polar surface area (TPSA) is 81.2 Å². The Kier molecular flexibility index (Phi) is 6.49. The molecule has 0 aliphatic heterocycles. The van der Waals surface area contributed by atoms with Crippen molar-refractivity contribution >= 4 is 27.8 Å². The van der Waals surface area contributed by atoms with E-state index in [0.29, 0.717) is 11.4 Å². The lowest BCUT2D eigenvalue weighted by molar-refractivity contribution is -0.141. The molecule has 7 heteroatoms. The van der Waals surface area contributed by atoms with E-state index in [0.717, 1.165) is 15.6 Å². The van der Waals surface area contributed by atoms with Gasteiger partial charge in [0.25, 0.3) is 5.91 Å². The van der Waals surface area contributed by atoms with Gasteiger partial charge in [0, 0.05) is 22.4 Å². The molecule has 0 saturated heterocycles. The minimum Gasteiger partial charge on any atom is -0.469 e. The molecule has 2 aromatic carbocycles. The number of rotatable bonds is 6. The van der Waals surface area contributed by atoms with Gasteiger partial charge in [-0.05, 0) is 17.7 Å². The van der Waals surface area contributed by atoms with Gasteiger partial charge >= 0.3 is 5.97 Å². The number of carbonyl (C=O) groups is 2. The molecule has 0 radical (unpaired) electrons. The number of ether oxygens (including phenoxy) is 1. The van der Waals surface area contributed by atoms with Gasteiger partial charge in [-0.3, -0.25) is 9.59 Å². The van der Waals surface area contributed by atoms with Gasteiger partial charge in [0.1, 0.15) is 0 Å². The summed E-state index contributed by atoms with van der Waals surface area (Å²) in [5.41, 5.74) is 1.96. The van der Waals surface area contributed by atoms with E-state index in [1.165, 1.54) is 19.5 Å². The molecular weight excluding hydrogens is 422 g/mol. The molecule has 3 rings (SSSR count). The zero-order valence-corrected chi connectivity index (χ0v) is 16.7. The summed E-state index contributed by atoms with van der Waals surface area (Å²) in [5, 5.41) is 2.86. The maximum Gasteiger partial charge on any atom is 0.307 e. The minimum atomic E-state index is -0.536. The fourth-order valence-corrected chi connectivity index (χ4v) is 3.07. The van der Waals surface area contributed by atoms with Gasteiger partial charge in [0.15, 0.2) is 5.82 Å². The van der Waals surface area contributed by atoms with Crippen molar-refractivity contribution in [3.05, 3.63) is 82.6 Å². The Bertz CT molecular complexity index is 962. The lowest BCUT2D eigenvalue weighted by atomic mass is 10.0. The summed E-state index contributed by atoms with van der Waals surface area (Å²) < 4.78 is 5.61. The average molecular weight is 440 g/mol. The van der Waals surface area contributed by atoms with E-state index < -0.39 is 12.0 Å². The monoisotopic (exact) mass is 439 g/mol. The average Bonchev–Trinajstić information content (AvgIpc) is 2.74. The highest BCUT2D eigenvalue weighted by Crippen LogP contribution is 2.22. The van der Waals surface area contributed by atoms with E-state index in [4.69, 9.17) is 4.74 Å².